The number of halogens is 1. The number of carboxylic acids is 1. The third-order valence-electron chi connectivity index (χ3n) is 2.99. The first-order chi connectivity index (χ1) is 9.08. The molecule has 1 fully saturated rings. The standard InChI is InChI=1S/C13H14ClNO4/c14-11-4-3-9(7-10(11)13(17)18)19-8-12(16)15-5-1-2-6-15/h3-4,7H,1-2,5-6,8H2,(H,17,18). The molecule has 0 spiro atoms. The fourth-order valence-corrected chi connectivity index (χ4v) is 2.16. The predicted octanol–water partition coefficient (Wildman–Crippen LogP) is 2.04. The van der Waals surface area contributed by atoms with Crippen LogP contribution in [0.15, 0.2) is 18.2 Å². The van der Waals surface area contributed by atoms with Gasteiger partial charge in [0, 0.05) is 13.1 Å². The molecule has 1 heterocycles. The molecule has 1 amide bonds. The first-order valence-electron chi connectivity index (χ1n) is 6.01. The number of rotatable bonds is 4. The Hall–Kier alpha value is -1.75. The third kappa shape index (κ3) is 3.38. The van der Waals surface area contributed by atoms with Crippen molar-refractivity contribution in [1.29, 1.82) is 0 Å². The van der Waals surface area contributed by atoms with Gasteiger partial charge in [-0.3, -0.25) is 4.79 Å². The number of ether oxygens (including phenoxy) is 1. The molecular weight excluding hydrogens is 270 g/mol. The van der Waals surface area contributed by atoms with Crippen LogP contribution in [-0.4, -0.2) is 41.6 Å². The van der Waals surface area contributed by atoms with Crippen LogP contribution >= 0.6 is 11.6 Å². The summed E-state index contributed by atoms with van der Waals surface area (Å²) in [4.78, 5) is 24.4. The van der Waals surface area contributed by atoms with E-state index in [1.165, 1.54) is 12.1 Å². The topological polar surface area (TPSA) is 66.8 Å². The molecular formula is C13H14ClNO4. The normalized spacial score (nSPS) is 14.5. The maximum absolute atomic E-state index is 11.8. The maximum Gasteiger partial charge on any atom is 0.337 e. The zero-order chi connectivity index (χ0) is 13.8. The van der Waals surface area contributed by atoms with E-state index in [-0.39, 0.29) is 23.1 Å². The lowest BCUT2D eigenvalue weighted by Crippen LogP contribution is -2.32. The summed E-state index contributed by atoms with van der Waals surface area (Å²) in [5.41, 5.74) is -0.0345. The molecule has 0 unspecified atom stereocenters. The van der Waals surface area contributed by atoms with Gasteiger partial charge >= 0.3 is 5.97 Å². The molecule has 5 nitrogen and oxygen atoms in total. The molecule has 102 valence electrons. The highest BCUT2D eigenvalue weighted by Crippen LogP contribution is 2.22. The van der Waals surface area contributed by atoms with Crippen molar-refractivity contribution in [2.24, 2.45) is 0 Å². The fourth-order valence-electron chi connectivity index (χ4n) is 1.96. The van der Waals surface area contributed by atoms with Crippen molar-refractivity contribution in [1.82, 2.24) is 4.90 Å². The molecule has 1 aromatic rings. The van der Waals surface area contributed by atoms with Gasteiger partial charge in [0.25, 0.3) is 5.91 Å². The van der Waals surface area contributed by atoms with Gasteiger partial charge < -0.3 is 14.7 Å². The molecule has 0 aliphatic carbocycles. The number of carbonyl (C=O) groups excluding carboxylic acids is 1. The Morgan fingerprint density at radius 3 is 2.63 bits per heavy atom. The fraction of sp³-hybridized carbons (Fsp3) is 0.385. The largest absolute Gasteiger partial charge is 0.484 e. The van der Waals surface area contributed by atoms with Crippen molar-refractivity contribution in [2.45, 2.75) is 12.8 Å². The van der Waals surface area contributed by atoms with Crippen molar-refractivity contribution >= 4 is 23.5 Å². The van der Waals surface area contributed by atoms with Crippen LogP contribution in [0.2, 0.25) is 5.02 Å². The van der Waals surface area contributed by atoms with Crippen LogP contribution in [0.25, 0.3) is 0 Å². The highest BCUT2D eigenvalue weighted by Gasteiger charge is 2.18. The van der Waals surface area contributed by atoms with Gasteiger partial charge in [-0.05, 0) is 31.0 Å². The molecule has 0 bridgehead atoms. The van der Waals surface area contributed by atoms with Crippen molar-refractivity contribution in [3.05, 3.63) is 28.8 Å². The highest BCUT2D eigenvalue weighted by molar-refractivity contribution is 6.33. The minimum absolute atomic E-state index is 0.0345. The first-order valence-corrected chi connectivity index (χ1v) is 6.39. The number of carboxylic acid groups (broad SMARTS) is 1. The van der Waals surface area contributed by atoms with Crippen LogP contribution in [0.5, 0.6) is 5.75 Å². The molecule has 2 rings (SSSR count). The molecule has 0 aromatic heterocycles. The summed E-state index contributed by atoms with van der Waals surface area (Å²) in [5.74, 6) is -0.875. The van der Waals surface area contributed by atoms with Crippen LogP contribution in [0, 0.1) is 0 Å². The van der Waals surface area contributed by atoms with Gasteiger partial charge in [-0.25, -0.2) is 4.79 Å². The van der Waals surface area contributed by atoms with Crippen molar-refractivity contribution in [3.63, 3.8) is 0 Å². The summed E-state index contributed by atoms with van der Waals surface area (Å²) in [6.45, 7) is 1.45. The van der Waals surface area contributed by atoms with Crippen LogP contribution in [0.4, 0.5) is 0 Å². The number of likely N-dealkylation sites (tertiary alicyclic amines) is 1. The van der Waals surface area contributed by atoms with Crippen molar-refractivity contribution in [2.75, 3.05) is 19.7 Å². The van der Waals surface area contributed by atoms with E-state index in [4.69, 9.17) is 21.4 Å². The molecule has 19 heavy (non-hydrogen) atoms. The average molecular weight is 284 g/mol. The summed E-state index contributed by atoms with van der Waals surface area (Å²) in [6.07, 6.45) is 2.05. The minimum atomic E-state index is -1.12. The van der Waals surface area contributed by atoms with Gasteiger partial charge in [0.05, 0.1) is 10.6 Å². The Morgan fingerprint density at radius 2 is 2.00 bits per heavy atom. The lowest BCUT2D eigenvalue weighted by Gasteiger charge is -2.15. The molecule has 1 aromatic carbocycles. The summed E-state index contributed by atoms with van der Waals surface area (Å²) in [6, 6.07) is 4.31. The van der Waals surface area contributed by atoms with E-state index < -0.39 is 5.97 Å². The Balaban J connectivity index is 1.97. The Morgan fingerprint density at radius 1 is 1.32 bits per heavy atom. The summed E-state index contributed by atoms with van der Waals surface area (Å²) in [7, 11) is 0. The molecule has 1 saturated heterocycles. The molecule has 1 aliphatic heterocycles. The molecule has 0 saturated carbocycles. The minimum Gasteiger partial charge on any atom is -0.484 e. The van der Waals surface area contributed by atoms with E-state index in [0.29, 0.717) is 5.75 Å². The van der Waals surface area contributed by atoms with Gasteiger partial charge in [-0.15, -0.1) is 0 Å². The average Bonchev–Trinajstić information content (AvgIpc) is 2.91. The number of aromatic carboxylic acids is 1. The van der Waals surface area contributed by atoms with Gasteiger partial charge in [-0.2, -0.15) is 0 Å². The molecule has 6 heteroatoms. The van der Waals surface area contributed by atoms with Crippen molar-refractivity contribution < 1.29 is 19.4 Å². The number of carbonyl (C=O) groups is 2. The summed E-state index contributed by atoms with van der Waals surface area (Å²) >= 11 is 5.75. The number of benzene rings is 1. The van der Waals surface area contributed by atoms with Gasteiger partial charge in [0.15, 0.2) is 6.61 Å². The Kier molecular flexibility index (Phi) is 4.27. The maximum atomic E-state index is 11.8. The SMILES string of the molecule is O=C(O)c1cc(OCC(=O)N2CCCC2)ccc1Cl. The van der Waals surface area contributed by atoms with Gasteiger partial charge in [0.1, 0.15) is 5.75 Å². The second-order valence-electron chi connectivity index (χ2n) is 4.32. The lowest BCUT2D eigenvalue weighted by molar-refractivity contribution is -0.132. The van der Waals surface area contributed by atoms with E-state index in [0.717, 1.165) is 25.9 Å². The highest BCUT2D eigenvalue weighted by atomic mass is 35.5. The molecule has 0 radical (unpaired) electrons. The number of amides is 1. The second kappa shape index (κ2) is 5.93. The number of hydrogen-bond donors (Lipinski definition) is 1. The van der Waals surface area contributed by atoms with Gasteiger partial charge in [0.2, 0.25) is 0 Å². The monoisotopic (exact) mass is 283 g/mol. The van der Waals surface area contributed by atoms with Crippen LogP contribution < -0.4 is 4.74 Å². The van der Waals surface area contributed by atoms with Crippen LogP contribution in [0.3, 0.4) is 0 Å². The van der Waals surface area contributed by atoms with E-state index in [9.17, 15) is 9.59 Å². The summed E-state index contributed by atoms with van der Waals surface area (Å²) in [5, 5.41) is 9.07. The zero-order valence-electron chi connectivity index (χ0n) is 10.3. The van der Waals surface area contributed by atoms with E-state index >= 15 is 0 Å². The second-order valence-corrected chi connectivity index (χ2v) is 4.73. The lowest BCUT2D eigenvalue weighted by atomic mass is 10.2. The molecule has 1 N–H and O–H groups in total. The molecule has 1 aliphatic rings. The van der Waals surface area contributed by atoms with Crippen LogP contribution in [-0.2, 0) is 4.79 Å². The van der Waals surface area contributed by atoms with Crippen molar-refractivity contribution in [3.8, 4) is 5.75 Å². The van der Waals surface area contributed by atoms with E-state index in [1.54, 1.807) is 11.0 Å². The quantitative estimate of drug-likeness (QED) is 0.918. The molecule has 0 atom stereocenters. The third-order valence-corrected chi connectivity index (χ3v) is 3.32. The number of hydrogen-bond acceptors (Lipinski definition) is 3. The van der Waals surface area contributed by atoms with E-state index in [1.807, 2.05) is 0 Å². The van der Waals surface area contributed by atoms with E-state index in [2.05, 4.69) is 0 Å². The zero-order valence-corrected chi connectivity index (χ0v) is 11.0. The van der Waals surface area contributed by atoms with Gasteiger partial charge in [-0.1, -0.05) is 11.6 Å². The first kappa shape index (κ1) is 13.7. The predicted molar refractivity (Wildman–Crippen MR) is 69.7 cm³/mol. The Bertz CT molecular complexity index is 497. The Labute approximate surface area is 115 Å². The van der Waals surface area contributed by atoms with Crippen LogP contribution in [0.1, 0.15) is 23.2 Å². The smallest absolute Gasteiger partial charge is 0.337 e. The number of nitrogens with zero attached hydrogens (tertiary/aromatic N) is 1. The summed E-state index contributed by atoms with van der Waals surface area (Å²) < 4.78 is 5.31.